The van der Waals surface area contributed by atoms with Gasteiger partial charge in [0.05, 0.1) is 19.8 Å². The highest BCUT2D eigenvalue weighted by Gasteiger charge is 2.47. The van der Waals surface area contributed by atoms with Crippen LogP contribution in [0.5, 0.6) is 0 Å². The van der Waals surface area contributed by atoms with Gasteiger partial charge in [0.1, 0.15) is 55.4 Å². The van der Waals surface area contributed by atoms with Gasteiger partial charge in [0, 0.05) is 12.8 Å². The minimum Gasteiger partial charge on any atom is -0.462 e. The van der Waals surface area contributed by atoms with E-state index in [2.05, 4.69) is 68.5 Å². The van der Waals surface area contributed by atoms with Crippen molar-refractivity contribution in [2.45, 2.75) is 191 Å². The van der Waals surface area contributed by atoms with Crippen LogP contribution in [0.25, 0.3) is 0 Å². The first-order valence-electron chi connectivity index (χ1n) is 23.0. The molecule has 7 N–H and O–H groups in total. The van der Waals surface area contributed by atoms with Crippen LogP contribution in [0.4, 0.5) is 0 Å². The normalized spacial score (nSPS) is 27.5. The highest BCUT2D eigenvalue weighted by atomic mass is 16.7. The van der Waals surface area contributed by atoms with Gasteiger partial charge in [0.15, 0.2) is 18.7 Å². The Morgan fingerprint density at radius 3 is 1.54 bits per heavy atom. The van der Waals surface area contributed by atoms with Crippen molar-refractivity contribution in [2.75, 3.05) is 26.4 Å². The standard InChI is InChI=1S/C48H78O15/c1-3-5-7-9-11-13-14-15-16-17-18-19-20-21-22-23-25-27-29-31-40(51)61-36(33-58-39(50)30-28-26-24-12-10-8-6-4-2)34-59-47-46(57)44(55)42(53)38(63-47)35-60-48-45(56)43(54)41(52)37(32-49)62-48/h5,7,11,13,15-16,18-19,21-22,25,27,36-38,41-49,52-57H,3-4,6,8-10,12,14,17,20,23-24,26,28-35H2,1-2H3/b7-5-,13-11-,16-15-,19-18-,22-21-,27-25-. The van der Waals surface area contributed by atoms with Gasteiger partial charge in [-0.05, 0) is 51.4 Å². The van der Waals surface area contributed by atoms with E-state index >= 15 is 0 Å². The second-order valence-electron chi connectivity index (χ2n) is 15.9. The number of esters is 2. The van der Waals surface area contributed by atoms with E-state index in [1.165, 1.54) is 25.7 Å². The number of aliphatic hydroxyl groups is 7. The van der Waals surface area contributed by atoms with Crippen molar-refractivity contribution in [1.29, 1.82) is 0 Å². The van der Waals surface area contributed by atoms with Gasteiger partial charge in [-0.15, -0.1) is 0 Å². The summed E-state index contributed by atoms with van der Waals surface area (Å²) in [5.41, 5.74) is 0. The highest BCUT2D eigenvalue weighted by molar-refractivity contribution is 5.70. The molecule has 0 bridgehead atoms. The van der Waals surface area contributed by atoms with Gasteiger partial charge in [0.2, 0.25) is 0 Å². The van der Waals surface area contributed by atoms with E-state index in [-0.39, 0.29) is 19.4 Å². The number of aliphatic hydroxyl groups excluding tert-OH is 7. The lowest BCUT2D eigenvalue weighted by Crippen LogP contribution is -2.61. The number of ether oxygens (including phenoxy) is 6. The third-order valence-corrected chi connectivity index (χ3v) is 10.5. The summed E-state index contributed by atoms with van der Waals surface area (Å²) in [4.78, 5) is 25.5. The molecule has 11 unspecified atom stereocenters. The molecule has 0 spiro atoms. The van der Waals surface area contributed by atoms with Crippen molar-refractivity contribution in [3.63, 3.8) is 0 Å². The Morgan fingerprint density at radius 1 is 0.524 bits per heavy atom. The molecule has 360 valence electrons. The van der Waals surface area contributed by atoms with Gasteiger partial charge in [-0.2, -0.15) is 0 Å². The number of carbonyl (C=O) groups is 2. The molecule has 11 atom stereocenters. The third-order valence-electron chi connectivity index (χ3n) is 10.5. The SMILES string of the molecule is CC/C=C\C/C=C\C/C=C\C/C=C\C/C=C\C/C=C\CCC(=O)OC(COC(=O)CCCCCCCCCC)COC1OC(COC2OC(CO)C(O)C(O)C2O)C(O)C(O)C1O. The van der Waals surface area contributed by atoms with Crippen LogP contribution in [-0.2, 0) is 38.0 Å². The third kappa shape index (κ3) is 24.2. The molecule has 0 radical (unpaired) electrons. The molecule has 2 fully saturated rings. The molecule has 0 aromatic heterocycles. The molecule has 15 heteroatoms. The van der Waals surface area contributed by atoms with E-state index in [1.54, 1.807) is 0 Å². The first kappa shape index (κ1) is 56.1. The zero-order chi connectivity index (χ0) is 46.1. The Hall–Kier alpha value is -3.06. The van der Waals surface area contributed by atoms with Crippen LogP contribution in [0, 0.1) is 0 Å². The Labute approximate surface area is 374 Å². The van der Waals surface area contributed by atoms with E-state index in [1.807, 2.05) is 18.2 Å². The molecule has 0 aromatic rings. The fourth-order valence-electron chi connectivity index (χ4n) is 6.65. The van der Waals surface area contributed by atoms with Gasteiger partial charge in [0.25, 0.3) is 0 Å². The van der Waals surface area contributed by atoms with Gasteiger partial charge in [-0.1, -0.05) is 132 Å². The molecule has 0 amide bonds. The van der Waals surface area contributed by atoms with Crippen molar-refractivity contribution in [2.24, 2.45) is 0 Å². The van der Waals surface area contributed by atoms with Crippen LogP contribution in [-0.4, -0.2) is 142 Å². The molecule has 15 nitrogen and oxygen atoms in total. The quantitative estimate of drug-likeness (QED) is 0.0259. The van der Waals surface area contributed by atoms with Crippen LogP contribution >= 0.6 is 0 Å². The summed E-state index contributed by atoms with van der Waals surface area (Å²) in [7, 11) is 0. The van der Waals surface area contributed by atoms with Crippen molar-refractivity contribution in [3.05, 3.63) is 72.9 Å². The summed E-state index contributed by atoms with van der Waals surface area (Å²) in [5.74, 6) is -1.04. The van der Waals surface area contributed by atoms with E-state index in [0.29, 0.717) is 19.3 Å². The molecule has 2 heterocycles. The van der Waals surface area contributed by atoms with E-state index < -0.39 is 99.3 Å². The average Bonchev–Trinajstić information content (AvgIpc) is 3.28. The van der Waals surface area contributed by atoms with Crippen molar-refractivity contribution >= 4 is 11.9 Å². The van der Waals surface area contributed by atoms with Crippen LogP contribution in [0.3, 0.4) is 0 Å². The van der Waals surface area contributed by atoms with Crippen LogP contribution in [0.15, 0.2) is 72.9 Å². The number of rotatable bonds is 33. The number of hydrogen-bond acceptors (Lipinski definition) is 15. The highest BCUT2D eigenvalue weighted by Crippen LogP contribution is 2.26. The lowest BCUT2D eigenvalue weighted by Gasteiger charge is -2.42. The molecule has 0 aromatic carbocycles. The van der Waals surface area contributed by atoms with Gasteiger partial charge in [-0.3, -0.25) is 9.59 Å². The molecule has 2 aliphatic heterocycles. The number of hydrogen-bond donors (Lipinski definition) is 7. The maximum atomic E-state index is 12.9. The number of carbonyl (C=O) groups excluding carboxylic acids is 2. The van der Waals surface area contributed by atoms with Crippen LogP contribution in [0.2, 0.25) is 0 Å². The topological polar surface area (TPSA) is 231 Å². The Morgan fingerprint density at radius 2 is 1.00 bits per heavy atom. The summed E-state index contributed by atoms with van der Waals surface area (Å²) in [6.07, 6.45) is 22.6. The first-order chi connectivity index (χ1) is 30.5. The summed E-state index contributed by atoms with van der Waals surface area (Å²) in [6, 6.07) is 0. The van der Waals surface area contributed by atoms with E-state index in [0.717, 1.165) is 51.4 Å². The smallest absolute Gasteiger partial charge is 0.306 e. The molecule has 2 rings (SSSR count). The second-order valence-corrected chi connectivity index (χ2v) is 15.9. The fourth-order valence-corrected chi connectivity index (χ4v) is 6.65. The summed E-state index contributed by atoms with van der Waals surface area (Å²) < 4.78 is 33.3. The molecule has 2 saturated heterocycles. The molecular formula is C48H78O15. The first-order valence-corrected chi connectivity index (χ1v) is 23.0. The minimum absolute atomic E-state index is 0.0374. The average molecular weight is 895 g/mol. The summed E-state index contributed by atoms with van der Waals surface area (Å²) in [6.45, 7) is 2.32. The predicted octanol–water partition coefficient (Wildman–Crippen LogP) is 5.09. The van der Waals surface area contributed by atoms with Crippen LogP contribution < -0.4 is 0 Å². The molecule has 2 aliphatic rings. The predicted molar refractivity (Wildman–Crippen MR) is 238 cm³/mol. The maximum Gasteiger partial charge on any atom is 0.306 e. The number of allylic oxidation sites excluding steroid dienone is 12. The molecular weight excluding hydrogens is 817 g/mol. The summed E-state index contributed by atoms with van der Waals surface area (Å²) in [5, 5.41) is 71.8. The lowest BCUT2D eigenvalue weighted by atomic mass is 9.98. The maximum absolute atomic E-state index is 12.9. The fraction of sp³-hybridized carbons (Fsp3) is 0.708. The van der Waals surface area contributed by atoms with Crippen molar-refractivity contribution < 1.29 is 73.8 Å². The Balaban J connectivity index is 1.87. The molecule has 63 heavy (non-hydrogen) atoms. The Kier molecular flexibility index (Phi) is 31.4. The van der Waals surface area contributed by atoms with Crippen LogP contribution in [0.1, 0.15) is 123 Å². The monoisotopic (exact) mass is 895 g/mol. The zero-order valence-electron chi connectivity index (χ0n) is 37.5. The van der Waals surface area contributed by atoms with Crippen molar-refractivity contribution in [1.82, 2.24) is 0 Å². The molecule has 0 aliphatic carbocycles. The van der Waals surface area contributed by atoms with Gasteiger partial charge in [-0.25, -0.2) is 0 Å². The largest absolute Gasteiger partial charge is 0.462 e. The Bertz CT molecular complexity index is 1380. The van der Waals surface area contributed by atoms with Gasteiger partial charge < -0.3 is 64.2 Å². The van der Waals surface area contributed by atoms with E-state index in [4.69, 9.17) is 28.4 Å². The minimum atomic E-state index is -1.78. The zero-order valence-corrected chi connectivity index (χ0v) is 37.5. The van der Waals surface area contributed by atoms with Crippen molar-refractivity contribution in [3.8, 4) is 0 Å². The van der Waals surface area contributed by atoms with E-state index in [9.17, 15) is 45.3 Å². The number of unbranched alkanes of at least 4 members (excludes halogenated alkanes) is 7. The lowest BCUT2D eigenvalue weighted by molar-refractivity contribution is -0.332. The second kappa shape index (κ2) is 35.2. The van der Waals surface area contributed by atoms with Gasteiger partial charge >= 0.3 is 11.9 Å². The summed E-state index contributed by atoms with van der Waals surface area (Å²) >= 11 is 0. The molecule has 0 saturated carbocycles.